The zero-order valence-electron chi connectivity index (χ0n) is 15.1. The average molecular weight is 415 g/mol. The van der Waals surface area contributed by atoms with E-state index >= 15 is 0 Å². The Bertz CT molecular complexity index is 963. The van der Waals surface area contributed by atoms with Crippen LogP contribution in [0, 0.1) is 5.82 Å². The summed E-state index contributed by atoms with van der Waals surface area (Å²) in [6.07, 6.45) is 1.50. The van der Waals surface area contributed by atoms with E-state index in [2.05, 4.69) is 10.3 Å². The van der Waals surface area contributed by atoms with E-state index in [9.17, 15) is 9.18 Å². The van der Waals surface area contributed by atoms with Gasteiger partial charge in [0.1, 0.15) is 11.6 Å². The van der Waals surface area contributed by atoms with Crippen molar-refractivity contribution in [3.8, 4) is 5.75 Å². The second-order valence-corrected chi connectivity index (χ2v) is 8.20. The molecule has 2 aromatic carbocycles. The Morgan fingerprint density at radius 3 is 3.07 bits per heavy atom. The fourth-order valence-electron chi connectivity index (χ4n) is 3.17. The third-order valence-electron chi connectivity index (χ3n) is 4.54. The van der Waals surface area contributed by atoms with Gasteiger partial charge in [0.2, 0.25) is 0 Å². The van der Waals surface area contributed by atoms with Gasteiger partial charge in [-0.15, -0.1) is 23.1 Å². The minimum absolute atomic E-state index is 0.163. The van der Waals surface area contributed by atoms with Gasteiger partial charge in [-0.3, -0.25) is 4.79 Å². The highest BCUT2D eigenvalue weighted by atomic mass is 32.2. The number of halogens is 1. The monoisotopic (exact) mass is 414 g/mol. The van der Waals surface area contributed by atoms with Gasteiger partial charge in [0, 0.05) is 21.6 Å². The molecule has 1 aliphatic rings. The van der Waals surface area contributed by atoms with Gasteiger partial charge >= 0.3 is 0 Å². The van der Waals surface area contributed by atoms with E-state index in [1.54, 1.807) is 34.7 Å². The number of nitrogens with zero attached hydrogens (tertiary/aromatic N) is 1. The first-order valence-electron chi connectivity index (χ1n) is 9.03. The molecule has 28 heavy (non-hydrogen) atoms. The van der Waals surface area contributed by atoms with Crippen molar-refractivity contribution in [2.45, 2.75) is 29.5 Å². The zero-order chi connectivity index (χ0) is 19.3. The molecule has 0 spiro atoms. The molecule has 1 amide bonds. The van der Waals surface area contributed by atoms with Gasteiger partial charge in [0.05, 0.1) is 29.4 Å². The molecule has 1 N–H and O–H groups in total. The molecule has 0 fully saturated rings. The summed E-state index contributed by atoms with van der Waals surface area (Å²) in [5.41, 5.74) is 4.11. The second-order valence-electron chi connectivity index (χ2n) is 6.46. The molecule has 0 aliphatic carbocycles. The van der Waals surface area contributed by atoms with Crippen molar-refractivity contribution < 1.29 is 13.9 Å². The Hall–Kier alpha value is -2.38. The number of carbonyl (C=O) groups excluding carboxylic acids is 1. The largest absolute Gasteiger partial charge is 0.493 e. The van der Waals surface area contributed by atoms with Gasteiger partial charge in [-0.25, -0.2) is 9.37 Å². The van der Waals surface area contributed by atoms with Crippen LogP contribution in [0.4, 0.5) is 4.39 Å². The molecule has 0 bridgehead atoms. The zero-order valence-corrected chi connectivity index (χ0v) is 16.7. The van der Waals surface area contributed by atoms with Crippen molar-refractivity contribution in [2.75, 3.05) is 6.61 Å². The number of nitrogens with one attached hydrogen (secondary N) is 1. The van der Waals surface area contributed by atoms with Gasteiger partial charge in [-0.1, -0.05) is 12.1 Å². The number of hydrogen-bond acceptors (Lipinski definition) is 5. The average Bonchev–Trinajstić information content (AvgIpc) is 3.16. The molecule has 0 saturated carbocycles. The summed E-state index contributed by atoms with van der Waals surface area (Å²) in [7, 11) is 0. The molecule has 0 unspecified atom stereocenters. The quantitative estimate of drug-likeness (QED) is 0.582. The molecule has 7 heteroatoms. The summed E-state index contributed by atoms with van der Waals surface area (Å²) in [5, 5.41) is 5.09. The van der Waals surface area contributed by atoms with Crippen LogP contribution >= 0.6 is 23.1 Å². The molecule has 1 aromatic heterocycles. The van der Waals surface area contributed by atoms with Gasteiger partial charge in [0.25, 0.3) is 5.91 Å². The van der Waals surface area contributed by atoms with Crippen LogP contribution in [0.25, 0.3) is 0 Å². The highest BCUT2D eigenvalue weighted by Gasteiger charge is 2.23. The fraction of sp³-hybridized carbons (Fsp3) is 0.238. The van der Waals surface area contributed by atoms with Crippen LogP contribution in [-0.4, -0.2) is 17.5 Å². The van der Waals surface area contributed by atoms with Crippen molar-refractivity contribution in [2.24, 2.45) is 0 Å². The number of aromatic nitrogens is 1. The van der Waals surface area contributed by atoms with Gasteiger partial charge in [0.15, 0.2) is 0 Å². The molecular weight excluding hydrogens is 395 g/mol. The van der Waals surface area contributed by atoms with Gasteiger partial charge < -0.3 is 10.1 Å². The number of carbonyl (C=O) groups is 1. The topological polar surface area (TPSA) is 51.2 Å². The molecule has 1 atom stereocenters. The first kappa shape index (κ1) is 19.0. The number of ether oxygens (including phenoxy) is 1. The number of thioether (sulfide) groups is 1. The maximum Gasteiger partial charge on any atom is 0.252 e. The number of thiazole rings is 1. The third kappa shape index (κ3) is 4.36. The van der Waals surface area contributed by atoms with Gasteiger partial charge in [-0.05, 0) is 43.2 Å². The smallest absolute Gasteiger partial charge is 0.252 e. The summed E-state index contributed by atoms with van der Waals surface area (Å²) >= 11 is 3.14. The van der Waals surface area contributed by atoms with Crippen LogP contribution in [0.15, 0.2) is 58.3 Å². The normalized spacial score (nSPS) is 16.0. The second kappa shape index (κ2) is 8.75. The van der Waals surface area contributed by atoms with Crippen LogP contribution in [0.5, 0.6) is 5.75 Å². The number of rotatable bonds is 5. The fourth-order valence-corrected chi connectivity index (χ4v) is 4.79. The summed E-state index contributed by atoms with van der Waals surface area (Å²) in [6, 6.07) is 11.7. The Morgan fingerprint density at radius 2 is 2.21 bits per heavy atom. The Balaban J connectivity index is 1.53. The summed E-state index contributed by atoms with van der Waals surface area (Å²) in [5.74, 6) is 0.848. The number of benzene rings is 2. The van der Waals surface area contributed by atoms with Crippen molar-refractivity contribution in [1.29, 1.82) is 0 Å². The Kier molecular flexibility index (Phi) is 5.92. The van der Waals surface area contributed by atoms with Crippen LogP contribution < -0.4 is 10.1 Å². The van der Waals surface area contributed by atoms with Crippen molar-refractivity contribution >= 4 is 29.0 Å². The van der Waals surface area contributed by atoms with Crippen LogP contribution in [0.3, 0.4) is 0 Å². The van der Waals surface area contributed by atoms with Crippen LogP contribution in [0.2, 0.25) is 0 Å². The minimum Gasteiger partial charge on any atom is -0.493 e. The third-order valence-corrected chi connectivity index (χ3v) is 6.28. The predicted molar refractivity (Wildman–Crippen MR) is 109 cm³/mol. The highest BCUT2D eigenvalue weighted by molar-refractivity contribution is 7.98. The molecule has 0 radical (unpaired) electrons. The molecule has 3 aromatic rings. The number of amides is 1. The lowest BCUT2D eigenvalue weighted by Crippen LogP contribution is -2.28. The van der Waals surface area contributed by atoms with Crippen molar-refractivity contribution in [3.05, 3.63) is 76.0 Å². The van der Waals surface area contributed by atoms with E-state index in [-0.39, 0.29) is 17.8 Å². The summed E-state index contributed by atoms with van der Waals surface area (Å²) < 4.78 is 19.5. The number of fused-ring (bicyclic) bond motifs is 1. The predicted octanol–water partition coefficient (Wildman–Crippen LogP) is 5.22. The highest BCUT2D eigenvalue weighted by Crippen LogP contribution is 2.33. The van der Waals surface area contributed by atoms with Gasteiger partial charge in [-0.2, -0.15) is 0 Å². The van der Waals surface area contributed by atoms with Crippen molar-refractivity contribution in [3.63, 3.8) is 0 Å². The maximum absolute atomic E-state index is 13.8. The Morgan fingerprint density at radius 1 is 1.32 bits per heavy atom. The minimum atomic E-state index is -0.331. The number of hydrogen-bond donors (Lipinski definition) is 1. The first-order valence-corrected chi connectivity index (χ1v) is 11.0. The summed E-state index contributed by atoms with van der Waals surface area (Å²) in [6.45, 7) is 0.561. The van der Waals surface area contributed by atoms with E-state index in [0.29, 0.717) is 35.7 Å². The van der Waals surface area contributed by atoms with E-state index in [1.807, 2.05) is 29.6 Å². The van der Waals surface area contributed by atoms with E-state index in [0.717, 1.165) is 17.0 Å². The standard InChI is InChI=1S/C21H19FN2O2S2/c22-14-7-8-19-17(10-14)18(5-3-9-26-19)24-21(25)16-4-1-2-6-20(16)28-12-15-11-27-13-23-15/h1-2,4,6-8,10-11,13,18H,3,5,9,12H2,(H,24,25)/t18-/m0/s1. The van der Waals surface area contributed by atoms with E-state index < -0.39 is 0 Å². The molecule has 0 saturated heterocycles. The molecule has 2 heterocycles. The van der Waals surface area contributed by atoms with Crippen LogP contribution in [0.1, 0.15) is 40.5 Å². The SMILES string of the molecule is O=C(N[C@H]1CCCOc2ccc(F)cc21)c1ccccc1SCc1cscn1. The Labute approximate surface area is 171 Å². The lowest BCUT2D eigenvalue weighted by Gasteiger charge is -2.19. The maximum atomic E-state index is 13.8. The first-order chi connectivity index (χ1) is 13.7. The summed E-state index contributed by atoms with van der Waals surface area (Å²) in [4.78, 5) is 18.2. The van der Waals surface area contributed by atoms with E-state index in [1.165, 1.54) is 12.1 Å². The molecule has 144 valence electrons. The molecule has 4 nitrogen and oxygen atoms in total. The van der Waals surface area contributed by atoms with Crippen LogP contribution in [-0.2, 0) is 5.75 Å². The molecule has 1 aliphatic heterocycles. The lowest BCUT2D eigenvalue weighted by molar-refractivity contribution is 0.0931. The molecular formula is C21H19FN2O2S2. The van der Waals surface area contributed by atoms with E-state index in [4.69, 9.17) is 4.74 Å². The van der Waals surface area contributed by atoms with Crippen molar-refractivity contribution in [1.82, 2.24) is 10.3 Å². The molecule has 4 rings (SSSR count). The lowest BCUT2D eigenvalue weighted by atomic mass is 10.0.